The zero-order valence-electron chi connectivity index (χ0n) is 14.7. The van der Waals surface area contributed by atoms with Crippen molar-refractivity contribution in [1.29, 1.82) is 0 Å². The normalized spacial score (nSPS) is 15.7. The van der Waals surface area contributed by atoms with Crippen LogP contribution in [-0.2, 0) is 4.57 Å². The summed E-state index contributed by atoms with van der Waals surface area (Å²) in [7, 11) is -5.78. The minimum Gasteiger partial charge on any atom is -0.350 e. The molecule has 0 aromatic rings. The first-order chi connectivity index (χ1) is 10.9. The molecular weight excluding hydrogens is 332 g/mol. The molecule has 0 heterocycles. The van der Waals surface area contributed by atoms with Crippen molar-refractivity contribution in [1.82, 2.24) is 0 Å². The average molecular weight is 369 g/mol. The van der Waals surface area contributed by atoms with Gasteiger partial charge in [-0.1, -0.05) is 64.7 Å². The SMILES string of the molecule is CCCCCCCCCC(CCCCCN)P(=O)(O)CP(O)O. The summed E-state index contributed by atoms with van der Waals surface area (Å²) in [6.07, 6.45) is 12.5. The Morgan fingerprint density at radius 3 is 1.87 bits per heavy atom. The van der Waals surface area contributed by atoms with Crippen molar-refractivity contribution >= 4 is 15.7 Å². The average Bonchev–Trinajstić information content (AvgIpc) is 2.46. The molecule has 2 atom stereocenters. The van der Waals surface area contributed by atoms with E-state index in [1.807, 2.05) is 0 Å². The van der Waals surface area contributed by atoms with Gasteiger partial charge in [-0.2, -0.15) is 0 Å². The maximum absolute atomic E-state index is 12.4. The van der Waals surface area contributed by atoms with Crippen LogP contribution in [0.2, 0.25) is 0 Å². The van der Waals surface area contributed by atoms with E-state index in [0.29, 0.717) is 19.4 Å². The summed E-state index contributed by atoms with van der Waals surface area (Å²) in [4.78, 5) is 28.4. The quantitative estimate of drug-likeness (QED) is 0.236. The Bertz CT molecular complexity index is 316. The number of rotatable bonds is 16. The van der Waals surface area contributed by atoms with Crippen LogP contribution in [0.25, 0.3) is 0 Å². The van der Waals surface area contributed by atoms with Gasteiger partial charge in [-0.3, -0.25) is 4.57 Å². The molecule has 140 valence electrons. The van der Waals surface area contributed by atoms with Gasteiger partial charge in [0.25, 0.3) is 0 Å². The van der Waals surface area contributed by atoms with Crippen molar-refractivity contribution in [3.63, 3.8) is 0 Å². The molecule has 0 aliphatic rings. The third kappa shape index (κ3) is 13.5. The maximum atomic E-state index is 12.4. The van der Waals surface area contributed by atoms with Crippen LogP contribution in [0.15, 0.2) is 0 Å². The Morgan fingerprint density at radius 2 is 1.39 bits per heavy atom. The van der Waals surface area contributed by atoms with Gasteiger partial charge < -0.3 is 20.4 Å². The Labute approximate surface area is 143 Å². The van der Waals surface area contributed by atoms with Crippen molar-refractivity contribution in [3.8, 4) is 0 Å². The third-order valence-corrected chi connectivity index (χ3v) is 8.57. The maximum Gasteiger partial charge on any atom is 0.212 e. The predicted molar refractivity (Wildman–Crippen MR) is 100.0 cm³/mol. The Kier molecular flexibility index (Phi) is 15.1. The van der Waals surface area contributed by atoms with E-state index in [9.17, 15) is 9.46 Å². The van der Waals surface area contributed by atoms with E-state index in [1.165, 1.54) is 32.1 Å². The highest BCUT2D eigenvalue weighted by Crippen LogP contribution is 2.56. The second kappa shape index (κ2) is 14.8. The van der Waals surface area contributed by atoms with Crippen molar-refractivity contribution in [3.05, 3.63) is 0 Å². The number of unbranched alkanes of at least 4 members (excludes halogenated alkanes) is 8. The van der Waals surface area contributed by atoms with Gasteiger partial charge in [0.2, 0.25) is 7.37 Å². The van der Waals surface area contributed by atoms with Gasteiger partial charge in [0.05, 0.1) is 5.90 Å². The van der Waals surface area contributed by atoms with E-state index in [1.54, 1.807) is 0 Å². The zero-order valence-corrected chi connectivity index (χ0v) is 16.5. The van der Waals surface area contributed by atoms with Crippen LogP contribution >= 0.6 is 15.7 Å². The monoisotopic (exact) mass is 369 g/mol. The van der Waals surface area contributed by atoms with E-state index in [4.69, 9.17) is 15.5 Å². The Balaban J connectivity index is 4.18. The molecule has 0 radical (unpaired) electrons. The highest BCUT2D eigenvalue weighted by molar-refractivity contribution is 7.70. The molecule has 0 spiro atoms. The Morgan fingerprint density at radius 1 is 0.913 bits per heavy atom. The molecule has 7 heteroatoms. The fourth-order valence-corrected chi connectivity index (χ4v) is 6.43. The summed E-state index contributed by atoms with van der Waals surface area (Å²) < 4.78 is 12.4. The molecule has 0 aromatic carbocycles. The minimum atomic E-state index is -3.48. The largest absolute Gasteiger partial charge is 0.350 e. The summed E-state index contributed by atoms with van der Waals surface area (Å²) in [5.74, 6) is -0.347. The van der Waals surface area contributed by atoms with Crippen LogP contribution in [-0.4, -0.2) is 32.8 Å². The van der Waals surface area contributed by atoms with Gasteiger partial charge in [-0.05, 0) is 25.8 Å². The van der Waals surface area contributed by atoms with Crippen LogP contribution in [0.4, 0.5) is 0 Å². The lowest BCUT2D eigenvalue weighted by atomic mass is 10.0. The molecular formula is C16H37NO4P2. The second-order valence-electron chi connectivity index (χ2n) is 6.47. The minimum absolute atomic E-state index is 0.291. The van der Waals surface area contributed by atoms with Crippen LogP contribution in [0.5, 0.6) is 0 Å². The van der Waals surface area contributed by atoms with Crippen molar-refractivity contribution < 1.29 is 19.2 Å². The first-order valence-corrected chi connectivity index (χ1v) is 12.5. The highest BCUT2D eigenvalue weighted by atomic mass is 31.2. The van der Waals surface area contributed by atoms with Crippen LogP contribution in [0, 0.1) is 0 Å². The fourth-order valence-electron chi connectivity index (χ4n) is 2.88. The molecule has 0 amide bonds. The van der Waals surface area contributed by atoms with E-state index in [0.717, 1.165) is 32.1 Å². The van der Waals surface area contributed by atoms with Gasteiger partial charge in [0.15, 0.2) is 8.38 Å². The summed E-state index contributed by atoms with van der Waals surface area (Å²) in [5.41, 5.74) is 5.19. The van der Waals surface area contributed by atoms with Gasteiger partial charge in [0.1, 0.15) is 0 Å². The number of hydrogen-bond acceptors (Lipinski definition) is 4. The molecule has 0 fully saturated rings. The van der Waals surface area contributed by atoms with Crippen molar-refractivity contribution in [2.24, 2.45) is 5.73 Å². The fraction of sp³-hybridized carbons (Fsp3) is 1.00. The molecule has 0 aromatic heterocycles. The van der Waals surface area contributed by atoms with Crippen LogP contribution in [0.1, 0.15) is 84.0 Å². The smallest absolute Gasteiger partial charge is 0.212 e. The van der Waals surface area contributed by atoms with E-state index < -0.39 is 15.7 Å². The lowest BCUT2D eigenvalue weighted by Crippen LogP contribution is -2.11. The summed E-state index contributed by atoms with van der Waals surface area (Å²) >= 11 is 0. The molecule has 5 N–H and O–H groups in total. The molecule has 0 saturated carbocycles. The summed E-state index contributed by atoms with van der Waals surface area (Å²) in [6, 6.07) is 0. The van der Waals surface area contributed by atoms with E-state index >= 15 is 0 Å². The third-order valence-electron chi connectivity index (χ3n) is 4.28. The molecule has 0 saturated heterocycles. The lowest BCUT2D eigenvalue weighted by Gasteiger charge is -2.23. The molecule has 23 heavy (non-hydrogen) atoms. The Hall–Kier alpha value is 0.500. The second-order valence-corrected chi connectivity index (χ2v) is 10.6. The van der Waals surface area contributed by atoms with Gasteiger partial charge >= 0.3 is 0 Å². The van der Waals surface area contributed by atoms with Crippen molar-refractivity contribution in [2.75, 3.05) is 12.4 Å². The summed E-state index contributed by atoms with van der Waals surface area (Å²) in [6.45, 7) is 2.85. The van der Waals surface area contributed by atoms with Gasteiger partial charge in [0, 0.05) is 5.66 Å². The first-order valence-electron chi connectivity index (χ1n) is 9.11. The summed E-state index contributed by atoms with van der Waals surface area (Å²) in [5, 5.41) is 0. The highest BCUT2D eigenvalue weighted by Gasteiger charge is 2.32. The van der Waals surface area contributed by atoms with Crippen molar-refractivity contribution in [2.45, 2.75) is 89.6 Å². The molecule has 0 rings (SSSR count). The zero-order chi connectivity index (χ0) is 17.6. The van der Waals surface area contributed by atoms with Gasteiger partial charge in [-0.25, -0.2) is 0 Å². The van der Waals surface area contributed by atoms with E-state index in [-0.39, 0.29) is 11.6 Å². The van der Waals surface area contributed by atoms with Crippen LogP contribution < -0.4 is 5.73 Å². The molecule has 0 aliphatic carbocycles. The van der Waals surface area contributed by atoms with Crippen LogP contribution in [0.3, 0.4) is 0 Å². The lowest BCUT2D eigenvalue weighted by molar-refractivity contribution is 0.437. The predicted octanol–water partition coefficient (Wildman–Crippen LogP) is 4.54. The topological polar surface area (TPSA) is 104 Å². The molecule has 0 aliphatic heterocycles. The number of nitrogens with two attached hydrogens (primary N) is 1. The standard InChI is InChI=1S/C16H37NO4P2/c1-2-3-4-5-6-7-9-12-16(13-10-8-11-14-17)23(20,21)15-22(18)19/h16,18-19H,2-15,17H2,1H3,(H,20,21). The molecule has 5 nitrogen and oxygen atoms in total. The molecule has 0 bridgehead atoms. The van der Waals surface area contributed by atoms with E-state index in [2.05, 4.69) is 6.92 Å². The first kappa shape index (κ1) is 23.5. The molecule has 2 unspecified atom stereocenters. The van der Waals surface area contributed by atoms with Gasteiger partial charge in [-0.15, -0.1) is 0 Å². The number of hydrogen-bond donors (Lipinski definition) is 4.